The first-order valence-electron chi connectivity index (χ1n) is 3.82. The minimum Gasteiger partial charge on any atom is -0.318 e. The number of aromatic nitrogens is 1. The van der Waals surface area contributed by atoms with Gasteiger partial charge in [0.1, 0.15) is 5.69 Å². The molecule has 15 heavy (non-hydrogen) atoms. The molecule has 0 aromatic carbocycles. The van der Waals surface area contributed by atoms with Gasteiger partial charge < -0.3 is 4.98 Å². The smallest absolute Gasteiger partial charge is 0.318 e. The van der Waals surface area contributed by atoms with Crippen molar-refractivity contribution in [1.29, 1.82) is 0 Å². The first-order valence-corrected chi connectivity index (χ1v) is 3.82. The van der Waals surface area contributed by atoms with Crippen LogP contribution in [0.4, 0.5) is 22.0 Å². The number of nitrogens with one attached hydrogen (secondary N) is 1. The molecule has 7 heteroatoms. The third kappa shape index (κ3) is 2.34. The molecule has 1 aromatic rings. The number of hydrogen-bond donors (Lipinski definition) is 1. The Bertz CT molecular complexity index is 420. The zero-order valence-electron chi connectivity index (χ0n) is 7.45. The third-order valence-electron chi connectivity index (χ3n) is 1.86. The lowest BCUT2D eigenvalue weighted by Gasteiger charge is -2.09. The Kier molecular flexibility index (Phi) is 2.83. The van der Waals surface area contributed by atoms with Crippen LogP contribution in [0.3, 0.4) is 0 Å². The molecule has 0 amide bonds. The van der Waals surface area contributed by atoms with Crippen LogP contribution in [0, 0.1) is 6.92 Å². The van der Waals surface area contributed by atoms with Crippen molar-refractivity contribution in [2.75, 3.05) is 0 Å². The molecule has 0 bridgehead atoms. The molecule has 0 spiro atoms. The predicted molar refractivity (Wildman–Crippen MR) is 41.8 cm³/mol. The molecule has 0 radical (unpaired) electrons. The number of rotatable bonds is 1. The summed E-state index contributed by atoms with van der Waals surface area (Å²) < 4.78 is 60.9. The molecule has 1 rings (SSSR count). The summed E-state index contributed by atoms with van der Waals surface area (Å²) in [4.78, 5) is 12.4. The van der Waals surface area contributed by atoms with Gasteiger partial charge in [0, 0.05) is 11.1 Å². The average molecular weight is 227 g/mol. The van der Waals surface area contributed by atoms with Crippen molar-refractivity contribution in [3.05, 3.63) is 33.2 Å². The SMILES string of the molecule is Cc1c(C(F)F)cc(C(F)(F)F)[nH]c1=O. The van der Waals surface area contributed by atoms with E-state index in [2.05, 4.69) is 0 Å². The van der Waals surface area contributed by atoms with Crippen LogP contribution in [0.5, 0.6) is 0 Å². The van der Waals surface area contributed by atoms with Crippen molar-refractivity contribution in [2.24, 2.45) is 0 Å². The molecule has 1 heterocycles. The lowest BCUT2D eigenvalue weighted by molar-refractivity contribution is -0.141. The first kappa shape index (κ1) is 11.7. The third-order valence-corrected chi connectivity index (χ3v) is 1.86. The van der Waals surface area contributed by atoms with E-state index in [-0.39, 0.29) is 6.07 Å². The predicted octanol–water partition coefficient (Wildman–Crippen LogP) is 2.64. The minimum atomic E-state index is -4.84. The summed E-state index contributed by atoms with van der Waals surface area (Å²) in [6.45, 7) is 1.04. The Balaban J connectivity index is 3.43. The maximum Gasteiger partial charge on any atom is 0.431 e. The summed E-state index contributed by atoms with van der Waals surface area (Å²) in [6.07, 6.45) is -7.94. The molecule has 1 aromatic heterocycles. The van der Waals surface area contributed by atoms with Gasteiger partial charge in [-0.15, -0.1) is 0 Å². The fourth-order valence-corrected chi connectivity index (χ4v) is 1.03. The van der Waals surface area contributed by atoms with Crippen molar-refractivity contribution < 1.29 is 22.0 Å². The summed E-state index contributed by atoms with van der Waals surface area (Å²) in [7, 11) is 0. The van der Waals surface area contributed by atoms with Crippen molar-refractivity contribution in [3.63, 3.8) is 0 Å². The van der Waals surface area contributed by atoms with Crippen molar-refractivity contribution in [1.82, 2.24) is 4.98 Å². The highest BCUT2D eigenvalue weighted by Crippen LogP contribution is 2.30. The van der Waals surface area contributed by atoms with Gasteiger partial charge in [0.2, 0.25) is 0 Å². The standard InChI is InChI=1S/C8H6F5NO/c1-3-4(6(9)10)2-5(8(11,12)13)14-7(3)15/h2,6H,1H3,(H,14,15). The zero-order chi connectivity index (χ0) is 11.8. The molecule has 0 unspecified atom stereocenters. The van der Waals surface area contributed by atoms with Crippen molar-refractivity contribution >= 4 is 0 Å². The number of alkyl halides is 5. The lowest BCUT2D eigenvalue weighted by atomic mass is 10.1. The quantitative estimate of drug-likeness (QED) is 0.735. The first-order chi connectivity index (χ1) is 6.73. The Morgan fingerprint density at radius 1 is 1.33 bits per heavy atom. The number of pyridine rings is 1. The van der Waals surface area contributed by atoms with Gasteiger partial charge in [0.15, 0.2) is 0 Å². The Morgan fingerprint density at radius 3 is 2.27 bits per heavy atom. The van der Waals surface area contributed by atoms with E-state index in [0.29, 0.717) is 0 Å². The van der Waals surface area contributed by atoms with Gasteiger partial charge in [0.05, 0.1) is 0 Å². The lowest BCUT2D eigenvalue weighted by Crippen LogP contribution is -2.20. The van der Waals surface area contributed by atoms with Gasteiger partial charge in [-0.3, -0.25) is 4.79 Å². The number of H-pyrrole nitrogens is 1. The summed E-state index contributed by atoms with van der Waals surface area (Å²) in [6, 6.07) is 0.251. The second-order valence-electron chi connectivity index (χ2n) is 2.89. The van der Waals surface area contributed by atoms with E-state index < -0.39 is 35.0 Å². The Hall–Kier alpha value is -1.40. The van der Waals surface area contributed by atoms with Crippen LogP contribution in [0.1, 0.15) is 23.2 Å². The number of aromatic amines is 1. The summed E-state index contributed by atoms with van der Waals surface area (Å²) in [5.74, 6) is 0. The molecule has 0 aliphatic rings. The summed E-state index contributed by atoms with van der Waals surface area (Å²) >= 11 is 0. The molecule has 84 valence electrons. The van der Waals surface area contributed by atoms with Gasteiger partial charge in [-0.05, 0) is 13.0 Å². The molecular formula is C8H6F5NO. The van der Waals surface area contributed by atoms with Gasteiger partial charge in [-0.25, -0.2) is 8.78 Å². The Morgan fingerprint density at radius 2 is 1.87 bits per heavy atom. The molecule has 0 saturated heterocycles. The van der Waals surface area contributed by atoms with E-state index in [9.17, 15) is 26.7 Å². The monoisotopic (exact) mass is 227 g/mol. The molecule has 0 saturated carbocycles. The minimum absolute atomic E-state index is 0.251. The van der Waals surface area contributed by atoms with Gasteiger partial charge in [-0.2, -0.15) is 13.2 Å². The topological polar surface area (TPSA) is 32.9 Å². The molecule has 0 atom stereocenters. The fourth-order valence-electron chi connectivity index (χ4n) is 1.03. The maximum atomic E-state index is 12.3. The van der Waals surface area contributed by atoms with Gasteiger partial charge >= 0.3 is 6.18 Å². The molecule has 2 nitrogen and oxygen atoms in total. The number of hydrogen-bond acceptors (Lipinski definition) is 1. The van der Waals surface area contributed by atoms with Crippen LogP contribution in [0.2, 0.25) is 0 Å². The summed E-state index contributed by atoms with van der Waals surface area (Å²) in [5.41, 5.74) is -3.92. The van der Waals surface area contributed by atoms with Crippen LogP contribution in [-0.2, 0) is 6.18 Å². The van der Waals surface area contributed by atoms with Crippen LogP contribution in [0.15, 0.2) is 10.9 Å². The van der Waals surface area contributed by atoms with E-state index in [1.165, 1.54) is 4.98 Å². The van der Waals surface area contributed by atoms with Crippen LogP contribution >= 0.6 is 0 Å². The molecule has 0 aliphatic heterocycles. The highest BCUT2D eigenvalue weighted by atomic mass is 19.4. The average Bonchev–Trinajstić information content (AvgIpc) is 2.06. The van der Waals surface area contributed by atoms with E-state index >= 15 is 0 Å². The van der Waals surface area contributed by atoms with Crippen LogP contribution in [0.25, 0.3) is 0 Å². The number of halogens is 5. The van der Waals surface area contributed by atoms with Crippen molar-refractivity contribution in [2.45, 2.75) is 19.5 Å². The van der Waals surface area contributed by atoms with Crippen LogP contribution in [-0.4, -0.2) is 4.98 Å². The maximum absolute atomic E-state index is 12.3. The normalized spacial score (nSPS) is 12.2. The van der Waals surface area contributed by atoms with Gasteiger partial charge in [0.25, 0.3) is 12.0 Å². The molecule has 0 aliphatic carbocycles. The largest absolute Gasteiger partial charge is 0.431 e. The van der Waals surface area contributed by atoms with Crippen LogP contribution < -0.4 is 5.56 Å². The highest BCUT2D eigenvalue weighted by Gasteiger charge is 2.33. The van der Waals surface area contributed by atoms with E-state index in [1.54, 1.807) is 0 Å². The highest BCUT2D eigenvalue weighted by molar-refractivity contribution is 5.27. The van der Waals surface area contributed by atoms with E-state index in [1.807, 2.05) is 0 Å². The fraction of sp³-hybridized carbons (Fsp3) is 0.375. The summed E-state index contributed by atoms with van der Waals surface area (Å²) in [5, 5.41) is 0. The zero-order valence-corrected chi connectivity index (χ0v) is 7.45. The second kappa shape index (κ2) is 3.63. The molecule has 0 fully saturated rings. The molecule has 1 N–H and O–H groups in total. The molecular weight excluding hydrogens is 221 g/mol. The van der Waals surface area contributed by atoms with E-state index in [0.717, 1.165) is 6.92 Å². The van der Waals surface area contributed by atoms with Crippen molar-refractivity contribution in [3.8, 4) is 0 Å². The van der Waals surface area contributed by atoms with Gasteiger partial charge in [-0.1, -0.05) is 0 Å². The Labute approximate surface area is 80.7 Å². The van der Waals surface area contributed by atoms with E-state index in [4.69, 9.17) is 0 Å². The second-order valence-corrected chi connectivity index (χ2v) is 2.89.